The molecule has 2 aromatic carbocycles. The number of anilines is 2. The molecule has 0 saturated heterocycles. The topological polar surface area (TPSA) is 24.1 Å². The minimum absolute atomic E-state index is 0.826. The van der Waals surface area contributed by atoms with E-state index in [1.807, 2.05) is 0 Å². The van der Waals surface area contributed by atoms with Crippen molar-refractivity contribution in [2.75, 3.05) is 23.7 Å². The summed E-state index contributed by atoms with van der Waals surface area (Å²) in [5.41, 5.74) is 7.66. The monoisotopic (exact) mass is 411 g/mol. The minimum atomic E-state index is -0.826. The molecule has 0 aromatic heterocycles. The molecule has 1 aliphatic carbocycles. The van der Waals surface area contributed by atoms with E-state index in [0.717, 1.165) is 13.1 Å². The molecule has 2 nitrogen and oxygen atoms in total. The molecule has 0 spiro atoms. The number of halogens is 2. The predicted molar refractivity (Wildman–Crippen MR) is 94.4 cm³/mol. The van der Waals surface area contributed by atoms with E-state index in [2.05, 4.69) is 67.3 Å². The summed E-state index contributed by atoms with van der Waals surface area (Å²) in [6.45, 7) is 6.15. The van der Waals surface area contributed by atoms with Gasteiger partial charge < -0.3 is 10.6 Å². The van der Waals surface area contributed by atoms with Crippen molar-refractivity contribution >= 4 is 28.4 Å². The molecule has 2 N–H and O–H groups in total. The average molecular weight is 413 g/mol. The molecule has 0 atom stereocenters. The zero-order chi connectivity index (χ0) is 15.9. The number of hydrogen-bond donors (Lipinski definition) is 2. The number of fused-ring (bicyclic) bond motifs is 3. The Morgan fingerprint density at radius 2 is 1.23 bits per heavy atom. The Balaban J connectivity index is 0.000000545. The van der Waals surface area contributed by atoms with Crippen LogP contribution in [0.1, 0.15) is 25.0 Å². The summed E-state index contributed by atoms with van der Waals surface area (Å²) in [4.78, 5) is 0. The standard InChI is InChI=1S/C17H19N2.2ClH.Zr/c1-3-18-14-5-7-16-12(10-14)9-13-11-15(19-4-2)6-8-17(13)16;;;/h5-11,18-19H,3-4H2,1-2H3;2*1H;/q;;;+2/p-2. The van der Waals surface area contributed by atoms with Gasteiger partial charge in [0, 0.05) is 30.9 Å². The van der Waals surface area contributed by atoms with Crippen LogP contribution < -0.4 is 10.6 Å². The fourth-order valence-electron chi connectivity index (χ4n) is 2.65. The molecular formula is C17H19Cl2N2Zr. The maximum atomic E-state index is 4.93. The zero-order valence-electron chi connectivity index (χ0n) is 12.7. The third-order valence-corrected chi connectivity index (χ3v) is 3.47. The third-order valence-electron chi connectivity index (χ3n) is 3.47. The van der Waals surface area contributed by atoms with Crippen molar-refractivity contribution in [3.05, 3.63) is 53.9 Å². The first kappa shape index (κ1) is 17.9. The summed E-state index contributed by atoms with van der Waals surface area (Å²) in [6.07, 6.45) is 2.27. The van der Waals surface area contributed by atoms with Crippen molar-refractivity contribution in [2.24, 2.45) is 0 Å². The van der Waals surface area contributed by atoms with Crippen LogP contribution in [0.25, 0.3) is 11.1 Å². The molecule has 0 unspecified atom stereocenters. The van der Waals surface area contributed by atoms with Gasteiger partial charge in [0.05, 0.1) is 0 Å². The van der Waals surface area contributed by atoms with Gasteiger partial charge in [-0.25, -0.2) is 0 Å². The first-order valence-electron chi connectivity index (χ1n) is 7.30. The number of rotatable bonds is 4. The van der Waals surface area contributed by atoms with Crippen LogP contribution in [0, 0.1) is 6.42 Å². The molecule has 1 radical (unpaired) electrons. The van der Waals surface area contributed by atoms with Crippen LogP contribution in [0.2, 0.25) is 0 Å². The molecule has 0 fully saturated rings. The van der Waals surface area contributed by atoms with Crippen molar-refractivity contribution in [3.63, 3.8) is 0 Å². The van der Waals surface area contributed by atoms with Crippen molar-refractivity contribution in [1.29, 1.82) is 0 Å². The summed E-state index contributed by atoms with van der Waals surface area (Å²) in [6, 6.07) is 13.2. The van der Waals surface area contributed by atoms with Gasteiger partial charge in [-0.2, -0.15) is 0 Å². The van der Waals surface area contributed by atoms with Gasteiger partial charge in [-0.05, 0) is 60.4 Å². The summed E-state index contributed by atoms with van der Waals surface area (Å²) in [5.74, 6) is 0. The second kappa shape index (κ2) is 8.96. The molecule has 0 heterocycles. The number of nitrogens with one attached hydrogen (secondary N) is 2. The van der Waals surface area contributed by atoms with Gasteiger partial charge >= 0.3 is 37.9 Å². The Bertz CT molecular complexity index is 579. The van der Waals surface area contributed by atoms with E-state index in [4.69, 9.17) is 17.0 Å². The first-order valence-corrected chi connectivity index (χ1v) is 13.6. The Kier molecular flexibility index (Phi) is 7.27. The number of benzene rings is 2. The summed E-state index contributed by atoms with van der Waals surface area (Å²) in [7, 11) is 9.87. The summed E-state index contributed by atoms with van der Waals surface area (Å²) >= 11 is -0.826. The second-order valence-corrected chi connectivity index (χ2v) is 8.61. The van der Waals surface area contributed by atoms with E-state index < -0.39 is 20.8 Å². The molecular weight excluding hydrogens is 394 g/mol. The maximum absolute atomic E-state index is 4.93. The zero-order valence-corrected chi connectivity index (χ0v) is 16.7. The van der Waals surface area contributed by atoms with Crippen LogP contribution in [-0.2, 0) is 20.8 Å². The fourth-order valence-corrected chi connectivity index (χ4v) is 2.65. The molecule has 2 aromatic rings. The van der Waals surface area contributed by atoms with Gasteiger partial charge in [-0.3, -0.25) is 0 Å². The molecule has 5 heteroatoms. The Morgan fingerprint density at radius 1 is 0.818 bits per heavy atom. The fraction of sp³-hybridized carbons (Fsp3) is 0.235. The van der Waals surface area contributed by atoms with E-state index in [9.17, 15) is 0 Å². The molecule has 0 aliphatic heterocycles. The molecule has 115 valence electrons. The van der Waals surface area contributed by atoms with Crippen LogP contribution >= 0.6 is 17.0 Å². The Hall–Kier alpha value is -0.497. The van der Waals surface area contributed by atoms with E-state index in [1.165, 1.54) is 33.6 Å². The predicted octanol–water partition coefficient (Wildman–Crippen LogP) is 5.51. The van der Waals surface area contributed by atoms with Gasteiger partial charge in [0.1, 0.15) is 0 Å². The summed E-state index contributed by atoms with van der Waals surface area (Å²) < 4.78 is 0. The van der Waals surface area contributed by atoms with Crippen LogP contribution in [0.15, 0.2) is 36.4 Å². The van der Waals surface area contributed by atoms with Gasteiger partial charge in [0.15, 0.2) is 0 Å². The molecule has 3 rings (SSSR count). The van der Waals surface area contributed by atoms with Gasteiger partial charge in [0.2, 0.25) is 0 Å². The normalized spacial score (nSPS) is 10.9. The molecule has 0 amide bonds. The Morgan fingerprint density at radius 3 is 1.59 bits per heavy atom. The Labute approximate surface area is 151 Å². The first-order chi connectivity index (χ1) is 10.7. The van der Waals surface area contributed by atoms with E-state index in [0.29, 0.717) is 0 Å². The molecule has 0 saturated carbocycles. The van der Waals surface area contributed by atoms with Crippen LogP contribution in [0.3, 0.4) is 0 Å². The third kappa shape index (κ3) is 4.28. The van der Waals surface area contributed by atoms with Crippen molar-refractivity contribution in [3.8, 4) is 11.1 Å². The van der Waals surface area contributed by atoms with Crippen molar-refractivity contribution in [2.45, 2.75) is 13.8 Å². The molecule has 22 heavy (non-hydrogen) atoms. The van der Waals surface area contributed by atoms with Crippen LogP contribution in [-0.4, -0.2) is 13.1 Å². The SMILES string of the molecule is CCNc1ccc2c(c1)[CH]c1cc(NCC)ccc1-2.[Cl][Zr][Cl]. The van der Waals surface area contributed by atoms with Crippen molar-refractivity contribution in [1.82, 2.24) is 0 Å². The van der Waals surface area contributed by atoms with E-state index in [1.54, 1.807) is 0 Å². The van der Waals surface area contributed by atoms with Gasteiger partial charge in [-0.15, -0.1) is 0 Å². The van der Waals surface area contributed by atoms with E-state index >= 15 is 0 Å². The summed E-state index contributed by atoms with van der Waals surface area (Å²) in [5, 5.41) is 6.73. The quantitative estimate of drug-likeness (QED) is 0.590. The van der Waals surface area contributed by atoms with Crippen molar-refractivity contribution < 1.29 is 20.8 Å². The van der Waals surface area contributed by atoms with E-state index in [-0.39, 0.29) is 0 Å². The van der Waals surface area contributed by atoms with Gasteiger partial charge in [-0.1, -0.05) is 12.1 Å². The number of hydrogen-bond acceptors (Lipinski definition) is 2. The van der Waals surface area contributed by atoms with Crippen LogP contribution in [0.5, 0.6) is 0 Å². The average Bonchev–Trinajstić information content (AvgIpc) is 2.85. The molecule has 0 bridgehead atoms. The van der Waals surface area contributed by atoms with Gasteiger partial charge in [0.25, 0.3) is 0 Å². The molecule has 1 aliphatic rings. The second-order valence-electron chi connectivity index (χ2n) is 4.88. The van der Waals surface area contributed by atoms with Crippen LogP contribution in [0.4, 0.5) is 11.4 Å².